The molecule has 0 bridgehead atoms. The van der Waals surface area contributed by atoms with E-state index in [1.54, 1.807) is 0 Å². The van der Waals surface area contributed by atoms with Crippen LogP contribution in [0.2, 0.25) is 0 Å². The Morgan fingerprint density at radius 2 is 1.88 bits per heavy atom. The van der Waals surface area contributed by atoms with Crippen LogP contribution in [0.15, 0.2) is 42.6 Å². The van der Waals surface area contributed by atoms with Crippen molar-refractivity contribution in [3.05, 3.63) is 53.9 Å². The van der Waals surface area contributed by atoms with Crippen molar-refractivity contribution < 1.29 is 4.74 Å². The van der Waals surface area contributed by atoms with Crippen LogP contribution in [0.5, 0.6) is 5.75 Å². The van der Waals surface area contributed by atoms with Crippen LogP contribution >= 0.6 is 0 Å². The van der Waals surface area contributed by atoms with Gasteiger partial charge in [-0.15, -0.1) is 0 Å². The lowest BCUT2D eigenvalue weighted by Gasteiger charge is -2.31. The van der Waals surface area contributed by atoms with E-state index in [1.807, 2.05) is 30.9 Å². The summed E-state index contributed by atoms with van der Waals surface area (Å²) in [4.78, 5) is 7.00. The summed E-state index contributed by atoms with van der Waals surface area (Å²) in [5.74, 6) is 1.48. The highest BCUT2D eigenvalue weighted by atomic mass is 16.5. The third-order valence-corrected chi connectivity index (χ3v) is 5.24. The van der Waals surface area contributed by atoms with Crippen LogP contribution in [0.3, 0.4) is 0 Å². The molecule has 0 aliphatic carbocycles. The number of pyridine rings is 1. The Kier molecular flexibility index (Phi) is 4.89. The topological polar surface area (TPSA) is 43.2 Å². The van der Waals surface area contributed by atoms with Gasteiger partial charge in [-0.05, 0) is 62.7 Å². The second-order valence-corrected chi connectivity index (χ2v) is 7.01. The molecule has 1 aromatic carbocycles. The largest absolute Gasteiger partial charge is 0.494 e. The van der Waals surface area contributed by atoms with Crippen molar-refractivity contribution in [2.24, 2.45) is 7.05 Å². The fourth-order valence-electron chi connectivity index (χ4n) is 3.90. The van der Waals surface area contributed by atoms with Crippen molar-refractivity contribution in [1.29, 1.82) is 0 Å². The number of piperidine rings is 1. The zero-order valence-electron chi connectivity index (χ0n) is 15.6. The Balaban J connectivity index is 1.39. The van der Waals surface area contributed by atoms with E-state index >= 15 is 0 Å². The summed E-state index contributed by atoms with van der Waals surface area (Å²) in [7, 11) is 1.99. The summed E-state index contributed by atoms with van der Waals surface area (Å²) in [6, 6.07) is 12.6. The summed E-state index contributed by atoms with van der Waals surface area (Å²) in [5, 5.41) is 5.98. The van der Waals surface area contributed by atoms with E-state index in [0.29, 0.717) is 12.5 Å². The van der Waals surface area contributed by atoms with Crippen LogP contribution in [-0.4, -0.2) is 39.4 Å². The second-order valence-electron chi connectivity index (χ2n) is 7.01. The lowest BCUT2D eigenvalue weighted by molar-refractivity contribution is 0.203. The van der Waals surface area contributed by atoms with Gasteiger partial charge in [0, 0.05) is 31.1 Å². The number of rotatable bonds is 5. The minimum absolute atomic E-state index is 0.527. The van der Waals surface area contributed by atoms with E-state index in [1.165, 1.54) is 16.6 Å². The molecule has 5 heteroatoms. The predicted molar refractivity (Wildman–Crippen MR) is 103 cm³/mol. The Bertz CT molecular complexity index is 863. The molecule has 2 aromatic heterocycles. The number of hydrogen-bond donors (Lipinski definition) is 0. The minimum atomic E-state index is 0.527. The lowest BCUT2D eigenvalue weighted by atomic mass is 9.92. The smallest absolute Gasteiger partial charge is 0.157 e. The lowest BCUT2D eigenvalue weighted by Crippen LogP contribution is -2.32. The first-order valence-corrected chi connectivity index (χ1v) is 9.46. The third kappa shape index (κ3) is 3.44. The molecule has 0 saturated carbocycles. The summed E-state index contributed by atoms with van der Waals surface area (Å²) >= 11 is 0. The van der Waals surface area contributed by atoms with Crippen molar-refractivity contribution in [2.75, 3.05) is 19.7 Å². The Hall–Kier alpha value is -2.40. The first kappa shape index (κ1) is 17.0. The Morgan fingerprint density at radius 3 is 2.62 bits per heavy atom. The fraction of sp³-hybridized carbons (Fsp3) is 0.429. The molecule has 1 aliphatic rings. The maximum absolute atomic E-state index is 5.52. The summed E-state index contributed by atoms with van der Waals surface area (Å²) in [5.41, 5.74) is 3.55. The van der Waals surface area contributed by atoms with Crippen LogP contribution in [0.4, 0.5) is 0 Å². The van der Waals surface area contributed by atoms with Gasteiger partial charge in [0.1, 0.15) is 5.75 Å². The van der Waals surface area contributed by atoms with E-state index in [9.17, 15) is 0 Å². The van der Waals surface area contributed by atoms with Gasteiger partial charge in [0.25, 0.3) is 0 Å². The number of aromatic nitrogens is 3. The van der Waals surface area contributed by atoms with Crippen molar-refractivity contribution >= 4 is 11.0 Å². The summed E-state index contributed by atoms with van der Waals surface area (Å²) in [6.45, 7) is 5.94. The van der Waals surface area contributed by atoms with Crippen LogP contribution in [-0.2, 0) is 13.6 Å². The van der Waals surface area contributed by atoms with Gasteiger partial charge in [0.15, 0.2) is 5.65 Å². The number of likely N-dealkylation sites (tertiary alicyclic amines) is 1. The molecule has 3 aromatic rings. The van der Waals surface area contributed by atoms with Crippen molar-refractivity contribution in [1.82, 2.24) is 19.7 Å². The molecule has 0 N–H and O–H groups in total. The van der Waals surface area contributed by atoms with Gasteiger partial charge in [0.05, 0.1) is 12.3 Å². The van der Waals surface area contributed by atoms with E-state index < -0.39 is 0 Å². The fourth-order valence-corrected chi connectivity index (χ4v) is 3.90. The van der Waals surface area contributed by atoms with Crippen LogP contribution in [0.25, 0.3) is 11.0 Å². The van der Waals surface area contributed by atoms with E-state index in [4.69, 9.17) is 9.84 Å². The second kappa shape index (κ2) is 7.46. The third-order valence-electron chi connectivity index (χ3n) is 5.24. The Morgan fingerprint density at radius 1 is 1.12 bits per heavy atom. The zero-order chi connectivity index (χ0) is 17.9. The zero-order valence-corrected chi connectivity index (χ0v) is 15.6. The van der Waals surface area contributed by atoms with E-state index in [0.717, 1.165) is 43.9 Å². The van der Waals surface area contributed by atoms with Crippen LogP contribution in [0.1, 0.15) is 36.9 Å². The first-order chi connectivity index (χ1) is 12.7. The Labute approximate surface area is 154 Å². The predicted octanol–water partition coefficient (Wildman–Crippen LogP) is 3.75. The molecule has 0 unspecified atom stereocenters. The minimum Gasteiger partial charge on any atom is -0.494 e. The molecule has 0 radical (unpaired) electrons. The van der Waals surface area contributed by atoms with Gasteiger partial charge in [-0.25, -0.2) is 4.98 Å². The standard InChI is InChI=1S/C21H26N4O/c1-3-26-18-8-6-16(7-9-18)15-25-13-10-17(11-14-25)20-19-5-4-12-22-21(19)24(2)23-20/h4-9,12,17H,3,10-11,13-15H2,1-2H3. The molecule has 136 valence electrons. The molecule has 5 nitrogen and oxygen atoms in total. The maximum atomic E-state index is 5.52. The number of hydrogen-bond acceptors (Lipinski definition) is 4. The quantitative estimate of drug-likeness (QED) is 0.703. The average Bonchev–Trinajstić information content (AvgIpc) is 3.01. The van der Waals surface area contributed by atoms with Gasteiger partial charge < -0.3 is 4.74 Å². The van der Waals surface area contributed by atoms with Crippen molar-refractivity contribution in [3.63, 3.8) is 0 Å². The molecule has 4 rings (SSSR count). The molecule has 1 saturated heterocycles. The van der Waals surface area contributed by atoms with Crippen molar-refractivity contribution in [3.8, 4) is 5.75 Å². The number of ether oxygens (including phenoxy) is 1. The van der Waals surface area contributed by atoms with Gasteiger partial charge in [-0.2, -0.15) is 5.10 Å². The summed E-state index contributed by atoms with van der Waals surface area (Å²) < 4.78 is 7.44. The van der Waals surface area contributed by atoms with Crippen LogP contribution < -0.4 is 4.74 Å². The number of benzene rings is 1. The highest BCUT2D eigenvalue weighted by molar-refractivity contribution is 5.78. The molecular formula is C21H26N4O. The van der Waals surface area contributed by atoms with Gasteiger partial charge >= 0.3 is 0 Å². The van der Waals surface area contributed by atoms with E-state index in [-0.39, 0.29) is 0 Å². The van der Waals surface area contributed by atoms with E-state index in [2.05, 4.69) is 40.2 Å². The average molecular weight is 350 g/mol. The molecule has 3 heterocycles. The van der Waals surface area contributed by atoms with Crippen molar-refractivity contribution in [2.45, 2.75) is 32.2 Å². The molecule has 0 spiro atoms. The molecular weight excluding hydrogens is 324 g/mol. The number of nitrogens with zero attached hydrogens (tertiary/aromatic N) is 4. The number of fused-ring (bicyclic) bond motifs is 1. The van der Waals surface area contributed by atoms with Crippen LogP contribution in [0, 0.1) is 0 Å². The highest BCUT2D eigenvalue weighted by Crippen LogP contribution is 2.32. The SMILES string of the molecule is CCOc1ccc(CN2CCC(c3nn(C)c4ncccc34)CC2)cc1. The van der Waals surface area contributed by atoms with Gasteiger partial charge in [-0.3, -0.25) is 9.58 Å². The first-order valence-electron chi connectivity index (χ1n) is 9.46. The molecule has 0 amide bonds. The van der Waals surface area contributed by atoms with Gasteiger partial charge in [-0.1, -0.05) is 12.1 Å². The number of aryl methyl sites for hydroxylation is 1. The monoisotopic (exact) mass is 350 g/mol. The maximum Gasteiger partial charge on any atom is 0.157 e. The highest BCUT2D eigenvalue weighted by Gasteiger charge is 2.25. The molecule has 1 aliphatic heterocycles. The van der Waals surface area contributed by atoms with Gasteiger partial charge in [0.2, 0.25) is 0 Å². The molecule has 0 atom stereocenters. The summed E-state index contributed by atoms with van der Waals surface area (Å²) in [6.07, 6.45) is 4.14. The normalized spacial score (nSPS) is 16.2. The molecule has 1 fully saturated rings. The molecule has 26 heavy (non-hydrogen) atoms.